The summed E-state index contributed by atoms with van der Waals surface area (Å²) in [4.78, 5) is 0. The maximum absolute atomic E-state index is 5.96. The van der Waals surface area contributed by atoms with Gasteiger partial charge >= 0.3 is 0 Å². The first-order valence-corrected chi connectivity index (χ1v) is 8.73. The zero-order valence-electron chi connectivity index (χ0n) is 14.9. The zero-order valence-corrected chi connectivity index (χ0v) is 14.9. The van der Waals surface area contributed by atoms with Gasteiger partial charge in [0.25, 0.3) is 0 Å². The highest BCUT2D eigenvalue weighted by molar-refractivity contribution is 5.57. The Labute approximate surface area is 157 Å². The molecule has 3 aromatic carbocycles. The van der Waals surface area contributed by atoms with E-state index < -0.39 is 0 Å². The Bertz CT molecular complexity index is 1030. The molecule has 0 aliphatic heterocycles. The van der Waals surface area contributed by atoms with Crippen LogP contribution in [-0.2, 0) is 6.54 Å². The fourth-order valence-corrected chi connectivity index (χ4v) is 2.71. The van der Waals surface area contributed by atoms with Gasteiger partial charge in [-0.25, -0.2) is 0 Å². The number of nitrogens with zero attached hydrogens (tertiary/aromatic N) is 2. The smallest absolute Gasteiger partial charge is 0.247 e. The molecular weight excluding hydrogens is 338 g/mol. The van der Waals surface area contributed by atoms with Crippen LogP contribution in [0.15, 0.2) is 83.3 Å². The first-order valence-electron chi connectivity index (χ1n) is 8.73. The predicted molar refractivity (Wildman–Crippen MR) is 105 cm³/mol. The third-order valence-corrected chi connectivity index (χ3v) is 4.02. The minimum atomic E-state index is 0.411. The van der Waals surface area contributed by atoms with Gasteiger partial charge in [-0.15, -0.1) is 10.2 Å². The Kier molecular flexibility index (Phi) is 4.83. The van der Waals surface area contributed by atoms with Gasteiger partial charge in [0.15, 0.2) is 5.75 Å². The first-order chi connectivity index (χ1) is 13.3. The molecule has 4 aromatic rings. The fraction of sp³-hybridized carbons (Fsp3) is 0.0909. The Morgan fingerprint density at radius 2 is 1.70 bits per heavy atom. The van der Waals surface area contributed by atoms with E-state index in [-0.39, 0.29) is 0 Å². The molecule has 0 fully saturated rings. The molecule has 5 nitrogen and oxygen atoms in total. The second-order valence-corrected chi connectivity index (χ2v) is 6.14. The average Bonchev–Trinajstić information content (AvgIpc) is 3.17. The number of para-hydroxylation sites is 3. The Morgan fingerprint density at radius 1 is 0.889 bits per heavy atom. The Morgan fingerprint density at radius 3 is 2.56 bits per heavy atom. The van der Waals surface area contributed by atoms with E-state index in [4.69, 9.17) is 9.15 Å². The van der Waals surface area contributed by atoms with Crippen molar-refractivity contribution in [2.45, 2.75) is 13.5 Å². The monoisotopic (exact) mass is 357 g/mol. The third-order valence-electron chi connectivity index (χ3n) is 4.02. The summed E-state index contributed by atoms with van der Waals surface area (Å²) < 4.78 is 11.7. The summed E-state index contributed by atoms with van der Waals surface area (Å²) in [6.07, 6.45) is 0. The normalized spacial score (nSPS) is 10.6. The van der Waals surface area contributed by atoms with Gasteiger partial charge in [-0.1, -0.05) is 48.0 Å². The highest BCUT2D eigenvalue weighted by Crippen LogP contribution is 2.29. The van der Waals surface area contributed by atoms with Crippen molar-refractivity contribution in [3.63, 3.8) is 0 Å². The summed E-state index contributed by atoms with van der Waals surface area (Å²) >= 11 is 0. The van der Waals surface area contributed by atoms with Crippen LogP contribution < -0.4 is 10.1 Å². The molecule has 0 saturated carbocycles. The molecular formula is C22H19N3O2. The van der Waals surface area contributed by atoms with Crippen molar-refractivity contribution in [1.82, 2.24) is 10.2 Å². The Balaban J connectivity index is 1.47. The molecule has 0 atom stereocenters. The van der Waals surface area contributed by atoms with Crippen LogP contribution in [0.2, 0.25) is 0 Å². The summed E-state index contributed by atoms with van der Waals surface area (Å²) in [5.74, 6) is 2.55. The first kappa shape index (κ1) is 16.8. The molecule has 27 heavy (non-hydrogen) atoms. The summed E-state index contributed by atoms with van der Waals surface area (Å²) in [6, 6.07) is 25.4. The number of aryl methyl sites for hydroxylation is 1. The molecule has 0 spiro atoms. The second-order valence-electron chi connectivity index (χ2n) is 6.14. The third kappa shape index (κ3) is 4.15. The van der Waals surface area contributed by atoms with Crippen molar-refractivity contribution < 1.29 is 9.15 Å². The molecule has 0 unspecified atom stereocenters. The van der Waals surface area contributed by atoms with Crippen molar-refractivity contribution in [3.05, 3.63) is 90.3 Å². The second kappa shape index (κ2) is 7.74. The lowest BCUT2D eigenvalue weighted by Gasteiger charge is -2.11. The van der Waals surface area contributed by atoms with Gasteiger partial charge in [0.1, 0.15) is 5.75 Å². The molecule has 134 valence electrons. The van der Waals surface area contributed by atoms with Crippen LogP contribution in [-0.4, -0.2) is 10.2 Å². The summed E-state index contributed by atoms with van der Waals surface area (Å²) in [7, 11) is 0. The van der Waals surface area contributed by atoms with Gasteiger partial charge < -0.3 is 14.5 Å². The van der Waals surface area contributed by atoms with E-state index >= 15 is 0 Å². The molecule has 0 aliphatic carbocycles. The number of hydrogen-bond acceptors (Lipinski definition) is 5. The average molecular weight is 357 g/mol. The van der Waals surface area contributed by atoms with Crippen molar-refractivity contribution in [3.8, 4) is 23.0 Å². The zero-order chi connectivity index (χ0) is 18.5. The van der Waals surface area contributed by atoms with E-state index in [1.54, 1.807) is 0 Å². The topological polar surface area (TPSA) is 60.2 Å². The lowest BCUT2D eigenvalue weighted by molar-refractivity contribution is 0.483. The number of anilines is 1. The summed E-state index contributed by atoms with van der Waals surface area (Å²) in [6.45, 7) is 2.44. The van der Waals surface area contributed by atoms with Gasteiger partial charge in [0.2, 0.25) is 11.8 Å². The van der Waals surface area contributed by atoms with Gasteiger partial charge in [-0.2, -0.15) is 0 Å². The lowest BCUT2D eigenvalue weighted by atomic mass is 10.1. The molecule has 1 aromatic heterocycles. The van der Waals surface area contributed by atoms with Gasteiger partial charge in [-0.05, 0) is 43.3 Å². The predicted octanol–water partition coefficient (Wildman–Crippen LogP) is 5.45. The van der Waals surface area contributed by atoms with Crippen LogP contribution in [0.5, 0.6) is 11.5 Å². The quantitative estimate of drug-likeness (QED) is 0.497. The maximum atomic E-state index is 5.96. The minimum absolute atomic E-state index is 0.411. The Hall–Kier alpha value is -3.60. The number of nitrogens with one attached hydrogen (secondary N) is 1. The summed E-state index contributed by atoms with van der Waals surface area (Å²) in [5.41, 5.74) is 2.93. The number of ether oxygens (including phenoxy) is 1. The molecule has 0 aliphatic rings. The highest BCUT2D eigenvalue weighted by Gasteiger charge is 2.10. The summed E-state index contributed by atoms with van der Waals surface area (Å²) in [5, 5.41) is 11.6. The molecule has 1 N–H and O–H groups in total. The molecule has 1 heterocycles. The van der Waals surface area contributed by atoms with E-state index in [9.17, 15) is 0 Å². The van der Waals surface area contributed by atoms with E-state index in [2.05, 4.69) is 15.5 Å². The molecule has 0 saturated heterocycles. The number of hydrogen-bond donors (Lipinski definition) is 1. The fourth-order valence-electron chi connectivity index (χ4n) is 2.71. The molecule has 0 radical (unpaired) electrons. The number of rotatable bonds is 6. The van der Waals surface area contributed by atoms with Crippen LogP contribution in [0.4, 0.5) is 5.69 Å². The number of aromatic nitrogens is 2. The van der Waals surface area contributed by atoms with Crippen LogP contribution in [0, 0.1) is 6.92 Å². The van der Waals surface area contributed by atoms with E-state index in [1.165, 1.54) is 0 Å². The lowest BCUT2D eigenvalue weighted by Crippen LogP contribution is -2.01. The van der Waals surface area contributed by atoms with E-state index in [1.807, 2.05) is 85.8 Å². The standard InChI is InChI=1S/C22H19N3O2/c1-16-8-7-9-17(14-16)22-25-24-21(27-22)15-23-19-12-5-6-13-20(19)26-18-10-3-2-4-11-18/h2-14,23H,15H2,1H3. The minimum Gasteiger partial charge on any atom is -0.455 e. The highest BCUT2D eigenvalue weighted by atomic mass is 16.5. The molecule has 4 rings (SSSR count). The maximum Gasteiger partial charge on any atom is 0.247 e. The molecule has 5 heteroatoms. The van der Waals surface area contributed by atoms with E-state index in [0.29, 0.717) is 18.3 Å². The van der Waals surface area contributed by atoms with E-state index in [0.717, 1.165) is 28.3 Å². The largest absolute Gasteiger partial charge is 0.455 e. The van der Waals surface area contributed by atoms with Crippen molar-refractivity contribution >= 4 is 5.69 Å². The van der Waals surface area contributed by atoms with Gasteiger partial charge in [-0.3, -0.25) is 0 Å². The molecule has 0 amide bonds. The van der Waals surface area contributed by atoms with Gasteiger partial charge in [0.05, 0.1) is 12.2 Å². The van der Waals surface area contributed by atoms with Crippen LogP contribution in [0.25, 0.3) is 11.5 Å². The van der Waals surface area contributed by atoms with Crippen LogP contribution >= 0.6 is 0 Å². The van der Waals surface area contributed by atoms with Crippen molar-refractivity contribution in [2.75, 3.05) is 5.32 Å². The molecule has 0 bridgehead atoms. The number of benzene rings is 3. The van der Waals surface area contributed by atoms with Crippen molar-refractivity contribution in [2.24, 2.45) is 0 Å². The van der Waals surface area contributed by atoms with Crippen LogP contribution in [0.3, 0.4) is 0 Å². The SMILES string of the molecule is Cc1cccc(-c2nnc(CNc3ccccc3Oc3ccccc3)o2)c1. The van der Waals surface area contributed by atoms with Crippen LogP contribution in [0.1, 0.15) is 11.5 Å². The van der Waals surface area contributed by atoms with Crippen molar-refractivity contribution in [1.29, 1.82) is 0 Å². The van der Waals surface area contributed by atoms with Gasteiger partial charge in [0, 0.05) is 5.56 Å².